The molecule has 4 atom stereocenters. The van der Waals surface area contributed by atoms with Gasteiger partial charge in [0.25, 0.3) is 5.91 Å². The Kier molecular flexibility index (Phi) is 8.19. The number of unbranched alkanes of at least 4 members (excludes halogenated alkanes) is 3. The first-order valence-corrected chi connectivity index (χ1v) is 10.9. The van der Waals surface area contributed by atoms with Crippen LogP contribution in [0.5, 0.6) is 0 Å². The molecule has 3 rings (SSSR count). The van der Waals surface area contributed by atoms with Gasteiger partial charge in [-0.25, -0.2) is 0 Å². The molecule has 1 aliphatic heterocycles. The second kappa shape index (κ2) is 11.1. The lowest BCUT2D eigenvalue weighted by molar-refractivity contribution is -0.125. The van der Waals surface area contributed by atoms with Gasteiger partial charge in [-0.1, -0.05) is 30.2 Å². The van der Waals surface area contributed by atoms with Gasteiger partial charge < -0.3 is 20.0 Å². The summed E-state index contributed by atoms with van der Waals surface area (Å²) in [5.74, 6) is 0.248. The van der Waals surface area contributed by atoms with Crippen molar-refractivity contribution in [2.75, 3.05) is 13.6 Å². The minimum atomic E-state index is -0.500. The smallest absolute Gasteiger partial charge is 0.274 e. The van der Waals surface area contributed by atoms with Crippen molar-refractivity contribution < 1.29 is 18.9 Å². The van der Waals surface area contributed by atoms with E-state index in [-0.39, 0.29) is 17.6 Å². The fraction of sp³-hybridized carbons (Fsp3) is 0.636. The maximum absolute atomic E-state index is 12.3. The zero-order chi connectivity index (χ0) is 21.3. The average molecular weight is 417 g/mol. The summed E-state index contributed by atoms with van der Waals surface area (Å²) in [6.07, 6.45) is 14.1. The number of nitrogens with zero attached hydrogens (tertiary/aromatic N) is 2. The molecule has 1 saturated carbocycles. The molecule has 1 aromatic rings. The molecule has 0 radical (unpaired) electrons. The van der Waals surface area contributed by atoms with Crippen LogP contribution in [0.3, 0.4) is 0 Å². The monoisotopic (exact) mass is 416 g/mol. The third-order valence-corrected chi connectivity index (χ3v) is 5.91. The number of nitrogens with one attached hydrogen (secondary N) is 2. The zero-order valence-electron chi connectivity index (χ0n) is 17.6. The second-order valence-corrected chi connectivity index (χ2v) is 8.32. The minimum absolute atomic E-state index is 0.0474. The highest BCUT2D eigenvalue weighted by Crippen LogP contribution is 2.32. The molecule has 0 aromatic carbocycles. The first-order chi connectivity index (χ1) is 14.6. The van der Waals surface area contributed by atoms with Crippen LogP contribution in [-0.2, 0) is 9.59 Å². The van der Waals surface area contributed by atoms with E-state index in [0.29, 0.717) is 18.4 Å². The number of aromatic nitrogens is 1. The summed E-state index contributed by atoms with van der Waals surface area (Å²) in [5.41, 5.74) is 0.178. The van der Waals surface area contributed by atoms with Crippen LogP contribution in [0.25, 0.3) is 0 Å². The SMILES string of the molecule is CN1CCCC1C(=O)NC1C[C@H]1/C=C\CCCCC[C@@H](C=O)NC(=O)c1ccon1. The molecule has 2 aliphatic rings. The molecular weight excluding hydrogens is 384 g/mol. The van der Waals surface area contributed by atoms with E-state index in [9.17, 15) is 14.4 Å². The molecule has 2 amide bonds. The number of amides is 2. The van der Waals surface area contributed by atoms with Crippen molar-refractivity contribution in [1.29, 1.82) is 0 Å². The number of aldehydes is 1. The Hall–Kier alpha value is -2.48. The van der Waals surface area contributed by atoms with E-state index in [1.165, 1.54) is 12.3 Å². The number of likely N-dealkylation sites (tertiary alicyclic amines) is 1. The van der Waals surface area contributed by atoms with Crippen molar-refractivity contribution in [3.8, 4) is 0 Å². The maximum atomic E-state index is 12.3. The van der Waals surface area contributed by atoms with Crippen molar-refractivity contribution in [3.63, 3.8) is 0 Å². The number of likely N-dealkylation sites (N-methyl/N-ethyl adjacent to an activating group) is 1. The van der Waals surface area contributed by atoms with Crippen molar-refractivity contribution >= 4 is 18.1 Å². The van der Waals surface area contributed by atoms with E-state index in [1.54, 1.807) is 0 Å². The lowest BCUT2D eigenvalue weighted by Gasteiger charge is -2.18. The Morgan fingerprint density at radius 2 is 2.23 bits per heavy atom. The molecule has 30 heavy (non-hydrogen) atoms. The average Bonchev–Trinajstić information content (AvgIpc) is 3.13. The standard InChI is InChI=1S/C22H32N4O4/c1-26-12-7-10-20(26)22(29)24-19-14-16(19)8-5-3-2-4-6-9-17(15-27)23-21(28)18-11-13-30-25-18/h5,8,11,13,15-17,19-20H,2-4,6-7,9-10,12,14H2,1H3,(H,23,28)(H,24,29)/b8-5-/t16-,17+,19?,20?/m1/s1. The van der Waals surface area contributed by atoms with Gasteiger partial charge >= 0.3 is 0 Å². The van der Waals surface area contributed by atoms with E-state index >= 15 is 0 Å². The van der Waals surface area contributed by atoms with Crippen LogP contribution in [0.4, 0.5) is 0 Å². The molecule has 8 heteroatoms. The Morgan fingerprint density at radius 1 is 1.37 bits per heavy atom. The number of carbonyl (C=O) groups is 3. The highest BCUT2D eigenvalue weighted by molar-refractivity contribution is 5.93. The third-order valence-electron chi connectivity index (χ3n) is 5.91. The van der Waals surface area contributed by atoms with Gasteiger partial charge in [-0.2, -0.15) is 0 Å². The van der Waals surface area contributed by atoms with Crippen LogP contribution < -0.4 is 10.6 Å². The van der Waals surface area contributed by atoms with Crippen LogP contribution in [0, 0.1) is 5.92 Å². The molecule has 1 aromatic heterocycles. The predicted molar refractivity (Wildman–Crippen MR) is 112 cm³/mol. The highest BCUT2D eigenvalue weighted by atomic mass is 16.5. The van der Waals surface area contributed by atoms with E-state index < -0.39 is 11.9 Å². The van der Waals surface area contributed by atoms with E-state index in [4.69, 9.17) is 0 Å². The van der Waals surface area contributed by atoms with Crippen molar-refractivity contribution in [2.24, 2.45) is 5.92 Å². The summed E-state index contributed by atoms with van der Waals surface area (Å²) in [7, 11) is 2.02. The highest BCUT2D eigenvalue weighted by Gasteiger charge is 2.38. The van der Waals surface area contributed by atoms with Gasteiger partial charge in [-0.15, -0.1) is 0 Å². The first-order valence-electron chi connectivity index (χ1n) is 10.9. The summed E-state index contributed by atoms with van der Waals surface area (Å²) in [5, 5.41) is 9.39. The van der Waals surface area contributed by atoms with Crippen LogP contribution in [0.15, 0.2) is 29.0 Å². The molecule has 164 valence electrons. The number of hydrogen-bond acceptors (Lipinski definition) is 6. The van der Waals surface area contributed by atoms with E-state index in [1.807, 2.05) is 7.05 Å². The summed E-state index contributed by atoms with van der Waals surface area (Å²) >= 11 is 0. The van der Waals surface area contributed by atoms with E-state index in [2.05, 4.69) is 37.4 Å². The summed E-state index contributed by atoms with van der Waals surface area (Å²) in [6.45, 7) is 1.01. The fourth-order valence-corrected chi connectivity index (χ4v) is 3.93. The topological polar surface area (TPSA) is 105 Å². The van der Waals surface area contributed by atoms with Gasteiger partial charge in [0.2, 0.25) is 5.91 Å². The number of allylic oxidation sites excluding steroid dienone is 1. The summed E-state index contributed by atoms with van der Waals surface area (Å²) in [6, 6.07) is 1.31. The Morgan fingerprint density at radius 3 is 2.93 bits per heavy atom. The van der Waals surface area contributed by atoms with Crippen LogP contribution in [0.2, 0.25) is 0 Å². The molecule has 2 fully saturated rings. The molecule has 0 bridgehead atoms. The van der Waals surface area contributed by atoms with Gasteiger partial charge in [-0.05, 0) is 58.0 Å². The van der Waals surface area contributed by atoms with Crippen LogP contribution in [-0.4, -0.2) is 59.9 Å². The maximum Gasteiger partial charge on any atom is 0.274 e. The molecule has 2 heterocycles. The largest absolute Gasteiger partial charge is 0.364 e. The summed E-state index contributed by atoms with van der Waals surface area (Å²) in [4.78, 5) is 37.5. The van der Waals surface area contributed by atoms with Gasteiger partial charge in [0.15, 0.2) is 5.69 Å². The lowest BCUT2D eigenvalue weighted by Crippen LogP contribution is -2.42. The molecule has 2 N–H and O–H groups in total. The third kappa shape index (κ3) is 6.52. The van der Waals surface area contributed by atoms with Gasteiger partial charge in [-0.3, -0.25) is 14.5 Å². The molecule has 2 unspecified atom stereocenters. The van der Waals surface area contributed by atoms with Crippen LogP contribution >= 0.6 is 0 Å². The first kappa shape index (κ1) is 22.2. The molecule has 0 spiro atoms. The molecule has 1 saturated heterocycles. The van der Waals surface area contributed by atoms with Crippen molar-refractivity contribution in [1.82, 2.24) is 20.7 Å². The Labute approximate surface area is 177 Å². The molecule has 1 aliphatic carbocycles. The second-order valence-electron chi connectivity index (χ2n) is 8.32. The number of hydrogen-bond donors (Lipinski definition) is 2. The predicted octanol–water partition coefficient (Wildman–Crippen LogP) is 2.08. The van der Waals surface area contributed by atoms with Crippen LogP contribution in [0.1, 0.15) is 61.9 Å². The normalized spacial score (nSPS) is 24.6. The molecule has 8 nitrogen and oxygen atoms in total. The van der Waals surface area contributed by atoms with Crippen molar-refractivity contribution in [2.45, 2.75) is 69.5 Å². The quantitative estimate of drug-likeness (QED) is 0.307. The fourth-order valence-electron chi connectivity index (χ4n) is 3.93. The molecular formula is C22H32N4O4. The lowest BCUT2D eigenvalue weighted by atomic mass is 10.1. The Bertz CT molecular complexity index is 734. The van der Waals surface area contributed by atoms with Gasteiger partial charge in [0.05, 0.1) is 12.1 Å². The van der Waals surface area contributed by atoms with Crippen molar-refractivity contribution in [3.05, 3.63) is 30.2 Å². The summed E-state index contributed by atoms with van der Waals surface area (Å²) < 4.78 is 4.63. The number of carbonyl (C=O) groups excluding carboxylic acids is 3. The zero-order valence-corrected chi connectivity index (χ0v) is 17.6. The Balaban J connectivity index is 1.22. The van der Waals surface area contributed by atoms with Gasteiger partial charge in [0, 0.05) is 12.1 Å². The van der Waals surface area contributed by atoms with E-state index in [0.717, 1.165) is 57.8 Å². The minimum Gasteiger partial charge on any atom is -0.364 e. The number of rotatable bonds is 12. The van der Waals surface area contributed by atoms with Gasteiger partial charge in [0.1, 0.15) is 12.5 Å².